The van der Waals surface area contributed by atoms with Crippen LogP contribution in [0.4, 0.5) is 16.2 Å². The first-order chi connectivity index (χ1) is 13.4. The van der Waals surface area contributed by atoms with Crippen LogP contribution >= 0.6 is 11.8 Å². The number of fused-ring (bicyclic) bond motifs is 2. The van der Waals surface area contributed by atoms with Crippen molar-refractivity contribution < 1.29 is 9.59 Å². The molecule has 5 nitrogen and oxygen atoms in total. The van der Waals surface area contributed by atoms with Crippen LogP contribution < -0.4 is 10.2 Å². The fourth-order valence-electron chi connectivity index (χ4n) is 4.05. The highest BCUT2D eigenvalue weighted by Gasteiger charge is 2.59. The third-order valence-corrected chi connectivity index (χ3v) is 6.98. The zero-order chi connectivity index (χ0) is 20.1. The van der Waals surface area contributed by atoms with Gasteiger partial charge in [0, 0.05) is 29.6 Å². The molecule has 0 aromatic heterocycles. The maximum Gasteiger partial charge on any atom is 0.323 e. The van der Waals surface area contributed by atoms with Crippen molar-refractivity contribution >= 4 is 35.1 Å². The van der Waals surface area contributed by atoms with E-state index in [1.807, 2.05) is 75.1 Å². The predicted octanol–water partition coefficient (Wildman–Crippen LogP) is 4.49. The molecule has 1 spiro atoms. The summed E-state index contributed by atoms with van der Waals surface area (Å²) in [7, 11) is 0. The van der Waals surface area contributed by atoms with Crippen LogP contribution in [0.3, 0.4) is 0 Å². The fourth-order valence-corrected chi connectivity index (χ4v) is 5.50. The van der Waals surface area contributed by atoms with Gasteiger partial charge < -0.3 is 10.2 Å². The van der Waals surface area contributed by atoms with Gasteiger partial charge in [0.05, 0.1) is 5.69 Å². The van der Waals surface area contributed by atoms with E-state index >= 15 is 0 Å². The Morgan fingerprint density at radius 2 is 1.89 bits per heavy atom. The van der Waals surface area contributed by atoms with Gasteiger partial charge in [0.25, 0.3) is 5.91 Å². The predicted molar refractivity (Wildman–Crippen MR) is 115 cm³/mol. The number of thioether (sulfide) groups is 1. The summed E-state index contributed by atoms with van der Waals surface area (Å²) < 4.78 is 0. The molecule has 0 saturated carbocycles. The number of anilines is 2. The minimum Gasteiger partial charge on any atom is -0.308 e. The lowest BCUT2D eigenvalue weighted by Gasteiger charge is -2.33. The Balaban J connectivity index is 1.72. The van der Waals surface area contributed by atoms with Crippen molar-refractivity contribution in [3.05, 3.63) is 59.2 Å². The van der Waals surface area contributed by atoms with Gasteiger partial charge in [0.2, 0.25) is 0 Å². The number of aryl methyl sites for hydroxylation is 2. The van der Waals surface area contributed by atoms with Crippen LogP contribution in [0.25, 0.3) is 0 Å². The topological polar surface area (TPSA) is 52.7 Å². The molecule has 2 aromatic carbocycles. The summed E-state index contributed by atoms with van der Waals surface area (Å²) in [6.45, 7) is 8.62. The lowest BCUT2D eigenvalue weighted by atomic mass is 10.1. The number of para-hydroxylation sites is 1. The molecule has 2 aromatic rings. The number of carbonyl (C=O) groups is 2. The average molecular weight is 396 g/mol. The summed E-state index contributed by atoms with van der Waals surface area (Å²) in [6.07, 6.45) is 0. The number of carbonyl (C=O) groups excluding carboxylic acids is 2. The number of hydrogen-bond acceptors (Lipinski definition) is 3. The average Bonchev–Trinajstić information content (AvgIpc) is 3.20. The van der Waals surface area contributed by atoms with E-state index in [9.17, 15) is 9.59 Å². The molecule has 6 heteroatoms. The first kappa shape index (κ1) is 18.9. The molecule has 1 N–H and O–H groups in total. The maximum absolute atomic E-state index is 13.6. The molecule has 0 bridgehead atoms. The van der Waals surface area contributed by atoms with E-state index in [1.165, 1.54) is 5.56 Å². The van der Waals surface area contributed by atoms with Crippen LogP contribution in [-0.2, 0) is 9.67 Å². The third-order valence-electron chi connectivity index (χ3n) is 5.56. The molecule has 0 unspecified atom stereocenters. The summed E-state index contributed by atoms with van der Waals surface area (Å²) in [5.41, 5.74) is 4.86. The van der Waals surface area contributed by atoms with E-state index in [4.69, 9.17) is 0 Å². The van der Waals surface area contributed by atoms with E-state index in [0.29, 0.717) is 6.54 Å². The van der Waals surface area contributed by atoms with E-state index in [2.05, 4.69) is 5.32 Å². The van der Waals surface area contributed by atoms with Gasteiger partial charge >= 0.3 is 6.03 Å². The number of rotatable bonds is 2. The zero-order valence-electron chi connectivity index (χ0n) is 16.7. The van der Waals surface area contributed by atoms with Gasteiger partial charge in [-0.05, 0) is 57.0 Å². The minimum absolute atomic E-state index is 0.0264. The summed E-state index contributed by atoms with van der Waals surface area (Å²) in [5, 5.41) is 3.00. The molecular weight excluding hydrogens is 370 g/mol. The minimum atomic E-state index is -0.981. The van der Waals surface area contributed by atoms with E-state index in [0.717, 1.165) is 28.3 Å². The largest absolute Gasteiger partial charge is 0.323 e. The number of benzene rings is 2. The first-order valence-corrected chi connectivity index (χ1v) is 10.6. The molecule has 3 amide bonds. The highest BCUT2D eigenvalue weighted by Crippen LogP contribution is 2.54. The SMILES string of the molecule is Cc1ccc(NC(=O)N2CCS[C@]23C(=O)N(C(C)C)c2ccccc23)cc1C. The molecule has 2 aliphatic rings. The van der Waals surface area contributed by atoms with Crippen molar-refractivity contribution in [1.82, 2.24) is 4.90 Å². The molecule has 1 saturated heterocycles. The molecule has 1 atom stereocenters. The van der Waals surface area contributed by atoms with Gasteiger partial charge in [0.15, 0.2) is 4.87 Å². The summed E-state index contributed by atoms with van der Waals surface area (Å²) >= 11 is 1.55. The lowest BCUT2D eigenvalue weighted by Crippen LogP contribution is -2.52. The number of hydrogen-bond donors (Lipinski definition) is 1. The van der Waals surface area contributed by atoms with Crippen molar-refractivity contribution in [2.45, 2.75) is 38.6 Å². The standard InChI is InChI=1S/C22H25N3O2S/c1-14(2)25-19-8-6-5-7-18(19)22(20(25)26)24(11-12-28-22)21(27)23-17-10-9-15(3)16(4)13-17/h5-10,13-14H,11-12H2,1-4H3,(H,23,27)/t22-/m1/s1. The summed E-state index contributed by atoms with van der Waals surface area (Å²) in [6, 6.07) is 13.5. The van der Waals surface area contributed by atoms with Crippen molar-refractivity contribution in [3.8, 4) is 0 Å². The van der Waals surface area contributed by atoms with Crippen LogP contribution in [0.5, 0.6) is 0 Å². The normalized spacial score (nSPS) is 21.0. The molecule has 1 fully saturated rings. The lowest BCUT2D eigenvalue weighted by molar-refractivity contribution is -0.123. The second kappa shape index (κ2) is 6.85. The van der Waals surface area contributed by atoms with Crippen LogP contribution in [0.2, 0.25) is 0 Å². The Hall–Kier alpha value is -2.47. The fraction of sp³-hybridized carbons (Fsp3) is 0.364. The smallest absolute Gasteiger partial charge is 0.308 e. The Kier molecular flexibility index (Phi) is 4.62. The molecule has 4 rings (SSSR count). The molecule has 0 radical (unpaired) electrons. The zero-order valence-corrected chi connectivity index (χ0v) is 17.5. The molecule has 2 aliphatic heterocycles. The van der Waals surface area contributed by atoms with Crippen molar-refractivity contribution in [1.29, 1.82) is 0 Å². The Bertz CT molecular complexity index is 959. The quantitative estimate of drug-likeness (QED) is 0.815. The van der Waals surface area contributed by atoms with Crippen LogP contribution in [0.1, 0.15) is 30.5 Å². The third kappa shape index (κ3) is 2.70. The highest BCUT2D eigenvalue weighted by molar-refractivity contribution is 8.01. The molecular formula is C22H25N3O2S. The Morgan fingerprint density at radius 3 is 2.61 bits per heavy atom. The van der Waals surface area contributed by atoms with Crippen molar-refractivity contribution in [2.75, 3.05) is 22.5 Å². The Labute approximate surface area is 170 Å². The molecule has 0 aliphatic carbocycles. The van der Waals surface area contributed by atoms with Crippen molar-refractivity contribution in [2.24, 2.45) is 0 Å². The second-order valence-corrected chi connectivity index (χ2v) is 8.95. The van der Waals surface area contributed by atoms with Crippen LogP contribution in [0.15, 0.2) is 42.5 Å². The molecule has 146 valence electrons. The monoisotopic (exact) mass is 395 g/mol. The van der Waals surface area contributed by atoms with E-state index in [-0.39, 0.29) is 18.0 Å². The number of urea groups is 1. The highest BCUT2D eigenvalue weighted by atomic mass is 32.2. The first-order valence-electron chi connectivity index (χ1n) is 9.59. The van der Waals surface area contributed by atoms with Crippen molar-refractivity contribution in [3.63, 3.8) is 0 Å². The maximum atomic E-state index is 13.6. The van der Waals surface area contributed by atoms with E-state index in [1.54, 1.807) is 16.7 Å². The summed E-state index contributed by atoms with van der Waals surface area (Å²) in [5.74, 6) is 0.702. The number of amides is 3. The van der Waals surface area contributed by atoms with Gasteiger partial charge in [0.1, 0.15) is 0 Å². The molecule has 2 heterocycles. The van der Waals surface area contributed by atoms with E-state index < -0.39 is 4.87 Å². The second-order valence-electron chi connectivity index (χ2n) is 7.66. The number of nitrogens with zero attached hydrogens (tertiary/aromatic N) is 2. The number of nitrogens with one attached hydrogen (secondary N) is 1. The summed E-state index contributed by atoms with van der Waals surface area (Å²) in [4.78, 5) is 29.4. The Morgan fingerprint density at radius 1 is 1.14 bits per heavy atom. The van der Waals surface area contributed by atoms with Gasteiger partial charge in [-0.2, -0.15) is 0 Å². The van der Waals surface area contributed by atoms with Crippen LogP contribution in [-0.4, -0.2) is 35.2 Å². The molecule has 28 heavy (non-hydrogen) atoms. The van der Waals surface area contributed by atoms with Gasteiger partial charge in [-0.1, -0.05) is 24.3 Å². The van der Waals surface area contributed by atoms with Gasteiger partial charge in [-0.3, -0.25) is 9.69 Å². The van der Waals surface area contributed by atoms with Gasteiger partial charge in [-0.15, -0.1) is 11.8 Å². The van der Waals surface area contributed by atoms with Gasteiger partial charge in [-0.25, -0.2) is 4.79 Å². The van der Waals surface area contributed by atoms with Crippen LogP contribution in [0, 0.1) is 13.8 Å².